The summed E-state index contributed by atoms with van der Waals surface area (Å²) >= 11 is 3.71. The van der Waals surface area contributed by atoms with Gasteiger partial charge in [0.1, 0.15) is 0 Å². The van der Waals surface area contributed by atoms with Crippen LogP contribution in [-0.4, -0.2) is 18.2 Å². The van der Waals surface area contributed by atoms with Crippen LogP contribution in [0.4, 0.5) is 0 Å². The molecule has 4 heteroatoms. The Morgan fingerprint density at radius 2 is 1.79 bits per heavy atom. The molecule has 4 aliphatic carbocycles. The third-order valence-corrected chi connectivity index (χ3v) is 7.61. The first-order valence-electron chi connectivity index (χ1n) is 11.0. The standard InChI is InChI=1S/C24H36BrNO2/c1-6-27-20-8-17(7-19(25)21(20)28-16(2)3)12-26-24-11-18-9-22(4,14-24)13-23(5,10-18)15-24/h7-8,16,18,26H,6,9-15H2,1-5H3. The molecule has 4 aliphatic rings. The Hall–Kier alpha value is -0.740. The minimum Gasteiger partial charge on any atom is -0.490 e. The van der Waals surface area contributed by atoms with Crippen LogP contribution in [0.5, 0.6) is 11.5 Å². The SMILES string of the molecule is CCOc1cc(CNC23CC4CC(C)(CC(C)(C4)C2)C3)cc(Br)c1OC(C)C. The highest BCUT2D eigenvalue weighted by Gasteiger charge is 2.59. The molecule has 0 radical (unpaired) electrons. The lowest BCUT2D eigenvalue weighted by Crippen LogP contribution is -2.63. The molecule has 4 saturated carbocycles. The van der Waals surface area contributed by atoms with Gasteiger partial charge in [0.15, 0.2) is 11.5 Å². The Morgan fingerprint density at radius 3 is 2.36 bits per heavy atom. The first-order valence-corrected chi connectivity index (χ1v) is 11.8. The number of hydrogen-bond donors (Lipinski definition) is 1. The quantitative estimate of drug-likeness (QED) is 0.516. The maximum atomic E-state index is 6.00. The summed E-state index contributed by atoms with van der Waals surface area (Å²) in [6.07, 6.45) is 8.43. The van der Waals surface area contributed by atoms with E-state index in [4.69, 9.17) is 9.47 Å². The van der Waals surface area contributed by atoms with Gasteiger partial charge in [-0.05, 0) is 110 Å². The van der Waals surface area contributed by atoms with Gasteiger partial charge >= 0.3 is 0 Å². The molecule has 0 aromatic heterocycles. The number of hydrogen-bond acceptors (Lipinski definition) is 3. The molecule has 2 unspecified atom stereocenters. The molecule has 1 aromatic carbocycles. The summed E-state index contributed by atoms with van der Waals surface area (Å²) in [5, 5.41) is 4.03. The second-order valence-corrected chi connectivity index (χ2v) is 11.6. The Morgan fingerprint density at radius 1 is 1.11 bits per heavy atom. The molecule has 0 spiro atoms. The first kappa shape index (κ1) is 20.5. The number of ether oxygens (including phenoxy) is 2. The van der Waals surface area contributed by atoms with E-state index in [1.165, 1.54) is 44.1 Å². The molecular formula is C24H36BrNO2. The average molecular weight is 450 g/mol. The van der Waals surface area contributed by atoms with Crippen molar-refractivity contribution in [1.82, 2.24) is 5.32 Å². The van der Waals surface area contributed by atoms with Crippen molar-refractivity contribution in [2.45, 2.75) is 91.3 Å². The van der Waals surface area contributed by atoms with Gasteiger partial charge in [0.2, 0.25) is 0 Å². The van der Waals surface area contributed by atoms with E-state index in [-0.39, 0.29) is 6.10 Å². The molecule has 0 aliphatic heterocycles. The van der Waals surface area contributed by atoms with E-state index in [1.54, 1.807) is 0 Å². The highest BCUT2D eigenvalue weighted by Crippen LogP contribution is 2.66. The topological polar surface area (TPSA) is 30.5 Å². The Kier molecular flexibility index (Phi) is 5.27. The molecule has 4 fully saturated rings. The van der Waals surface area contributed by atoms with Crippen molar-refractivity contribution in [2.75, 3.05) is 6.61 Å². The van der Waals surface area contributed by atoms with E-state index >= 15 is 0 Å². The molecule has 2 atom stereocenters. The summed E-state index contributed by atoms with van der Waals surface area (Å²) in [4.78, 5) is 0. The maximum Gasteiger partial charge on any atom is 0.175 e. The van der Waals surface area contributed by atoms with Gasteiger partial charge in [0.25, 0.3) is 0 Å². The van der Waals surface area contributed by atoms with Gasteiger partial charge in [-0.15, -0.1) is 0 Å². The zero-order chi connectivity index (χ0) is 20.2. The molecule has 0 amide bonds. The van der Waals surface area contributed by atoms with E-state index < -0.39 is 0 Å². The van der Waals surface area contributed by atoms with Gasteiger partial charge in [0.05, 0.1) is 17.2 Å². The summed E-state index contributed by atoms with van der Waals surface area (Å²) in [6, 6.07) is 4.35. The molecule has 4 bridgehead atoms. The van der Waals surface area contributed by atoms with E-state index in [0.29, 0.717) is 23.0 Å². The summed E-state index contributed by atoms with van der Waals surface area (Å²) in [7, 11) is 0. The summed E-state index contributed by atoms with van der Waals surface area (Å²) in [5.74, 6) is 2.56. The van der Waals surface area contributed by atoms with E-state index in [2.05, 4.69) is 47.2 Å². The van der Waals surface area contributed by atoms with E-state index in [1.807, 2.05) is 20.8 Å². The highest BCUT2D eigenvalue weighted by atomic mass is 79.9. The number of nitrogens with one attached hydrogen (secondary N) is 1. The van der Waals surface area contributed by atoms with Gasteiger partial charge in [-0.1, -0.05) is 13.8 Å². The van der Waals surface area contributed by atoms with Crippen molar-refractivity contribution >= 4 is 15.9 Å². The number of rotatable bonds is 7. The van der Waals surface area contributed by atoms with Crippen LogP contribution in [-0.2, 0) is 6.54 Å². The Bertz CT molecular complexity index is 728. The van der Waals surface area contributed by atoms with Crippen molar-refractivity contribution in [3.05, 3.63) is 22.2 Å². The number of benzene rings is 1. The largest absolute Gasteiger partial charge is 0.490 e. The highest BCUT2D eigenvalue weighted by molar-refractivity contribution is 9.10. The summed E-state index contributed by atoms with van der Waals surface area (Å²) < 4.78 is 12.9. The molecule has 1 aromatic rings. The van der Waals surface area contributed by atoms with Crippen molar-refractivity contribution in [2.24, 2.45) is 16.7 Å². The molecule has 0 saturated heterocycles. The molecule has 156 valence electrons. The third kappa shape index (κ3) is 3.96. The van der Waals surface area contributed by atoms with Gasteiger partial charge in [-0.2, -0.15) is 0 Å². The minimum absolute atomic E-state index is 0.119. The zero-order valence-electron chi connectivity index (χ0n) is 18.2. The summed E-state index contributed by atoms with van der Waals surface area (Å²) in [6.45, 7) is 12.7. The molecule has 28 heavy (non-hydrogen) atoms. The smallest absolute Gasteiger partial charge is 0.175 e. The van der Waals surface area contributed by atoms with Crippen LogP contribution in [0.15, 0.2) is 16.6 Å². The van der Waals surface area contributed by atoms with Gasteiger partial charge in [-0.25, -0.2) is 0 Å². The van der Waals surface area contributed by atoms with Crippen molar-refractivity contribution in [3.8, 4) is 11.5 Å². The fraction of sp³-hybridized carbons (Fsp3) is 0.750. The molecule has 1 N–H and O–H groups in total. The van der Waals surface area contributed by atoms with Crippen LogP contribution in [0, 0.1) is 16.7 Å². The third-order valence-electron chi connectivity index (χ3n) is 7.02. The lowest BCUT2D eigenvalue weighted by Gasteiger charge is -2.65. The van der Waals surface area contributed by atoms with Crippen molar-refractivity contribution in [1.29, 1.82) is 0 Å². The second kappa shape index (κ2) is 7.19. The van der Waals surface area contributed by atoms with Gasteiger partial charge < -0.3 is 14.8 Å². The van der Waals surface area contributed by atoms with Crippen LogP contribution in [0.3, 0.4) is 0 Å². The lowest BCUT2D eigenvalue weighted by molar-refractivity contribution is -0.118. The Balaban J connectivity index is 1.53. The fourth-order valence-electron chi connectivity index (χ4n) is 7.27. The van der Waals surface area contributed by atoms with Crippen molar-refractivity contribution < 1.29 is 9.47 Å². The molecule has 0 heterocycles. The monoisotopic (exact) mass is 449 g/mol. The van der Waals surface area contributed by atoms with Gasteiger partial charge in [0, 0.05) is 12.1 Å². The maximum absolute atomic E-state index is 6.00. The van der Waals surface area contributed by atoms with Crippen molar-refractivity contribution in [3.63, 3.8) is 0 Å². The Labute approximate surface area is 179 Å². The predicted molar refractivity (Wildman–Crippen MR) is 118 cm³/mol. The molecule has 5 rings (SSSR count). The normalized spacial score (nSPS) is 36.2. The number of halogens is 1. The van der Waals surface area contributed by atoms with Crippen LogP contribution in [0.1, 0.15) is 78.7 Å². The minimum atomic E-state index is 0.119. The van der Waals surface area contributed by atoms with E-state index in [0.717, 1.165) is 28.4 Å². The predicted octanol–water partition coefficient (Wildman–Crippen LogP) is 6.47. The lowest BCUT2D eigenvalue weighted by atomic mass is 9.43. The molecule has 3 nitrogen and oxygen atoms in total. The second-order valence-electron chi connectivity index (χ2n) is 10.8. The molecular weight excluding hydrogens is 414 g/mol. The average Bonchev–Trinajstić information content (AvgIpc) is 2.53. The fourth-order valence-corrected chi connectivity index (χ4v) is 7.85. The zero-order valence-corrected chi connectivity index (χ0v) is 19.7. The van der Waals surface area contributed by atoms with E-state index in [9.17, 15) is 0 Å². The van der Waals surface area contributed by atoms with Crippen LogP contribution < -0.4 is 14.8 Å². The van der Waals surface area contributed by atoms with Crippen LogP contribution >= 0.6 is 15.9 Å². The first-order chi connectivity index (χ1) is 13.1. The van der Waals surface area contributed by atoms with Crippen LogP contribution in [0.25, 0.3) is 0 Å². The van der Waals surface area contributed by atoms with Crippen LogP contribution in [0.2, 0.25) is 0 Å². The van der Waals surface area contributed by atoms with Gasteiger partial charge in [-0.3, -0.25) is 0 Å². The summed E-state index contributed by atoms with van der Waals surface area (Å²) in [5.41, 5.74) is 2.65.